The van der Waals surface area contributed by atoms with E-state index in [9.17, 15) is 18.3 Å². The predicted molar refractivity (Wildman–Crippen MR) is 122 cm³/mol. The Labute approximate surface area is 186 Å². The molecule has 1 amide bonds. The number of ether oxygens (including phenoxy) is 1. The second kappa shape index (κ2) is 10.5. The van der Waals surface area contributed by atoms with Crippen LogP contribution in [0.5, 0.6) is 11.5 Å². The molecule has 3 aromatic rings. The lowest BCUT2D eigenvalue weighted by molar-refractivity contribution is -0.119. The molecular weight excluding hydrogens is 430 g/mol. The van der Waals surface area contributed by atoms with Crippen molar-refractivity contribution in [3.63, 3.8) is 0 Å². The monoisotopic (exact) mass is 453 g/mol. The zero-order chi connectivity index (χ0) is 23.0. The summed E-state index contributed by atoms with van der Waals surface area (Å²) in [6.07, 6.45) is 1.28. The first-order valence-electron chi connectivity index (χ1n) is 9.83. The zero-order valence-electron chi connectivity index (χ0n) is 17.4. The molecule has 0 saturated carbocycles. The maximum absolute atomic E-state index is 13.4. The summed E-state index contributed by atoms with van der Waals surface area (Å²) in [6, 6.07) is 20.9. The molecular formula is C23H23N3O5S. The van der Waals surface area contributed by atoms with Gasteiger partial charge in [0.25, 0.3) is 15.9 Å². The number of amides is 1. The molecule has 2 N–H and O–H groups in total. The number of carbonyl (C=O) groups excluding carboxylic acids is 1. The van der Waals surface area contributed by atoms with Crippen molar-refractivity contribution in [2.75, 3.05) is 17.5 Å². The van der Waals surface area contributed by atoms with Crippen LogP contribution in [0.4, 0.5) is 5.69 Å². The van der Waals surface area contributed by atoms with Crippen molar-refractivity contribution in [1.29, 1.82) is 0 Å². The second-order valence-electron chi connectivity index (χ2n) is 6.58. The van der Waals surface area contributed by atoms with Crippen molar-refractivity contribution in [2.45, 2.75) is 11.8 Å². The second-order valence-corrected chi connectivity index (χ2v) is 8.44. The van der Waals surface area contributed by atoms with Crippen molar-refractivity contribution in [2.24, 2.45) is 5.10 Å². The predicted octanol–water partition coefficient (Wildman–Crippen LogP) is 3.14. The lowest BCUT2D eigenvalue weighted by Crippen LogP contribution is -2.39. The van der Waals surface area contributed by atoms with Gasteiger partial charge < -0.3 is 9.84 Å². The van der Waals surface area contributed by atoms with Crippen LogP contribution in [0.3, 0.4) is 0 Å². The molecule has 0 fully saturated rings. The van der Waals surface area contributed by atoms with E-state index in [1.165, 1.54) is 24.4 Å². The van der Waals surface area contributed by atoms with Crippen LogP contribution >= 0.6 is 0 Å². The minimum absolute atomic E-state index is 0.00410. The fourth-order valence-corrected chi connectivity index (χ4v) is 4.35. The zero-order valence-corrected chi connectivity index (χ0v) is 18.2. The number of phenolic OH excluding ortho intramolecular Hbond substituents is 1. The highest BCUT2D eigenvalue weighted by Gasteiger charge is 2.29. The van der Waals surface area contributed by atoms with Crippen molar-refractivity contribution >= 4 is 27.8 Å². The Balaban J connectivity index is 1.90. The molecule has 0 aromatic heterocycles. The molecule has 166 valence electrons. The minimum Gasteiger partial charge on any atom is -0.507 e. The molecule has 0 spiro atoms. The Bertz CT molecular complexity index is 1200. The van der Waals surface area contributed by atoms with Gasteiger partial charge in [-0.3, -0.25) is 9.10 Å². The molecule has 0 atom stereocenters. The number of aromatic hydroxyl groups is 1. The molecule has 3 rings (SSSR count). The highest BCUT2D eigenvalue weighted by Crippen LogP contribution is 2.32. The van der Waals surface area contributed by atoms with Crippen LogP contribution in [0, 0.1) is 0 Å². The van der Waals surface area contributed by atoms with E-state index in [4.69, 9.17) is 4.74 Å². The standard InChI is InChI=1S/C23H23N3O5S/c1-2-31-22-15-9-7-13-20(22)26(32(29,30)19-11-4-3-5-12-19)17-23(28)25-24-16-18-10-6-8-14-21(18)27/h3-16,27H,2,17H2,1H3,(H,25,28)/b24-16-. The Morgan fingerprint density at radius 3 is 2.41 bits per heavy atom. The van der Waals surface area contributed by atoms with Gasteiger partial charge in [-0.15, -0.1) is 0 Å². The van der Waals surface area contributed by atoms with E-state index < -0.39 is 22.5 Å². The van der Waals surface area contributed by atoms with Crippen molar-refractivity contribution in [1.82, 2.24) is 5.43 Å². The van der Waals surface area contributed by atoms with Gasteiger partial charge in [0.05, 0.1) is 23.4 Å². The van der Waals surface area contributed by atoms with Gasteiger partial charge in [-0.1, -0.05) is 42.5 Å². The van der Waals surface area contributed by atoms with Gasteiger partial charge in [0.15, 0.2) is 0 Å². The number of hydrogen-bond donors (Lipinski definition) is 2. The van der Waals surface area contributed by atoms with E-state index in [1.807, 2.05) is 0 Å². The number of hydrogen-bond acceptors (Lipinski definition) is 6. The summed E-state index contributed by atoms with van der Waals surface area (Å²) in [4.78, 5) is 12.7. The molecule has 8 nitrogen and oxygen atoms in total. The van der Waals surface area contributed by atoms with Crippen molar-refractivity contribution in [3.05, 3.63) is 84.4 Å². The quantitative estimate of drug-likeness (QED) is 0.382. The summed E-state index contributed by atoms with van der Waals surface area (Å²) in [6.45, 7) is 1.58. The van der Waals surface area contributed by atoms with Crippen LogP contribution < -0.4 is 14.5 Å². The molecule has 0 unspecified atom stereocenters. The minimum atomic E-state index is -4.07. The number of benzene rings is 3. The van der Waals surface area contributed by atoms with E-state index >= 15 is 0 Å². The van der Waals surface area contributed by atoms with Gasteiger partial charge in [-0.2, -0.15) is 5.10 Å². The van der Waals surface area contributed by atoms with Gasteiger partial charge in [0.2, 0.25) is 0 Å². The third-order valence-corrected chi connectivity index (χ3v) is 6.16. The van der Waals surface area contributed by atoms with Crippen molar-refractivity contribution in [3.8, 4) is 11.5 Å². The SMILES string of the molecule is CCOc1ccccc1N(CC(=O)N/N=C\c1ccccc1O)S(=O)(=O)c1ccccc1. The number of hydrazone groups is 1. The van der Waals surface area contributed by atoms with E-state index in [0.29, 0.717) is 17.9 Å². The lowest BCUT2D eigenvalue weighted by Gasteiger charge is -2.25. The molecule has 32 heavy (non-hydrogen) atoms. The van der Waals surface area contributed by atoms with E-state index in [0.717, 1.165) is 4.31 Å². The summed E-state index contributed by atoms with van der Waals surface area (Å²) in [7, 11) is -4.07. The molecule has 3 aromatic carbocycles. The maximum atomic E-state index is 13.4. The Morgan fingerprint density at radius 1 is 1.03 bits per heavy atom. The van der Waals surface area contributed by atoms with Gasteiger partial charge in [0, 0.05) is 5.56 Å². The average Bonchev–Trinajstić information content (AvgIpc) is 2.80. The van der Waals surface area contributed by atoms with Gasteiger partial charge in [-0.05, 0) is 43.3 Å². The number of sulfonamides is 1. The summed E-state index contributed by atoms with van der Waals surface area (Å²) in [5.74, 6) is -0.327. The largest absolute Gasteiger partial charge is 0.507 e. The fourth-order valence-electron chi connectivity index (χ4n) is 2.90. The number of rotatable bonds is 9. The lowest BCUT2D eigenvalue weighted by atomic mass is 10.2. The van der Waals surface area contributed by atoms with Gasteiger partial charge in [0.1, 0.15) is 18.0 Å². The van der Waals surface area contributed by atoms with Gasteiger partial charge in [-0.25, -0.2) is 13.8 Å². The van der Waals surface area contributed by atoms with Crippen LogP contribution in [-0.2, 0) is 14.8 Å². The smallest absolute Gasteiger partial charge is 0.264 e. The summed E-state index contributed by atoms with van der Waals surface area (Å²) in [5.41, 5.74) is 2.95. The van der Waals surface area contributed by atoms with E-state index in [-0.39, 0.29) is 16.3 Å². The van der Waals surface area contributed by atoms with Crippen LogP contribution in [-0.4, -0.2) is 38.8 Å². The normalized spacial score (nSPS) is 11.3. The van der Waals surface area contributed by atoms with Gasteiger partial charge >= 0.3 is 0 Å². The molecule has 0 bridgehead atoms. The van der Waals surface area contributed by atoms with Crippen LogP contribution in [0.15, 0.2) is 88.9 Å². The summed E-state index contributed by atoms with van der Waals surface area (Å²) in [5, 5.41) is 13.6. The van der Waals surface area contributed by atoms with Crippen LogP contribution in [0.2, 0.25) is 0 Å². The molecule has 0 aliphatic carbocycles. The average molecular weight is 454 g/mol. The fraction of sp³-hybridized carbons (Fsp3) is 0.130. The maximum Gasteiger partial charge on any atom is 0.264 e. The number of nitrogens with zero attached hydrogens (tertiary/aromatic N) is 2. The molecule has 9 heteroatoms. The topological polar surface area (TPSA) is 108 Å². The summed E-state index contributed by atoms with van der Waals surface area (Å²) < 4.78 is 33.3. The Hall–Kier alpha value is -3.85. The van der Waals surface area contributed by atoms with E-state index in [1.54, 1.807) is 67.6 Å². The number of carbonyl (C=O) groups is 1. The molecule has 0 aliphatic heterocycles. The third-order valence-electron chi connectivity index (χ3n) is 4.38. The number of nitrogens with one attached hydrogen (secondary N) is 1. The first-order valence-corrected chi connectivity index (χ1v) is 11.3. The Kier molecular flexibility index (Phi) is 7.45. The highest BCUT2D eigenvalue weighted by atomic mass is 32.2. The Morgan fingerprint density at radius 2 is 1.69 bits per heavy atom. The highest BCUT2D eigenvalue weighted by molar-refractivity contribution is 7.92. The third kappa shape index (κ3) is 5.44. The van der Waals surface area contributed by atoms with Crippen LogP contribution in [0.1, 0.15) is 12.5 Å². The van der Waals surface area contributed by atoms with Crippen molar-refractivity contribution < 1.29 is 23.1 Å². The number of para-hydroxylation sites is 3. The molecule has 0 radical (unpaired) electrons. The summed E-state index contributed by atoms with van der Waals surface area (Å²) >= 11 is 0. The molecule has 0 heterocycles. The number of anilines is 1. The molecule has 0 saturated heterocycles. The van der Waals surface area contributed by atoms with E-state index in [2.05, 4.69) is 10.5 Å². The first kappa shape index (κ1) is 22.8. The number of phenols is 1. The first-order chi connectivity index (χ1) is 15.4. The van der Waals surface area contributed by atoms with Crippen LogP contribution in [0.25, 0.3) is 0 Å². The molecule has 0 aliphatic rings.